The molecule has 28 heavy (non-hydrogen) atoms. The fourth-order valence-electron chi connectivity index (χ4n) is 3.39. The van der Waals surface area contributed by atoms with Gasteiger partial charge in [0.25, 0.3) is 0 Å². The van der Waals surface area contributed by atoms with E-state index in [2.05, 4.69) is 27.2 Å². The van der Waals surface area contributed by atoms with Crippen LogP contribution in [-0.4, -0.2) is 47.9 Å². The molecule has 1 atom stereocenters. The molecule has 0 amide bonds. The number of morpholine rings is 1. The van der Waals surface area contributed by atoms with Gasteiger partial charge in [0.15, 0.2) is 0 Å². The summed E-state index contributed by atoms with van der Waals surface area (Å²) in [6.07, 6.45) is 0. The maximum atomic E-state index is 13.2. The van der Waals surface area contributed by atoms with Crippen LogP contribution < -0.4 is 5.73 Å². The van der Waals surface area contributed by atoms with Crippen molar-refractivity contribution in [1.82, 2.24) is 15.0 Å². The lowest BCUT2D eigenvalue weighted by Crippen LogP contribution is -2.35. The Morgan fingerprint density at radius 1 is 1.11 bits per heavy atom. The number of hydrogen-bond acceptors (Lipinski definition) is 6. The molecule has 1 aromatic heterocycles. The van der Waals surface area contributed by atoms with Crippen molar-refractivity contribution in [3.63, 3.8) is 0 Å². The van der Waals surface area contributed by atoms with Crippen molar-refractivity contribution in [2.45, 2.75) is 12.5 Å². The van der Waals surface area contributed by atoms with Crippen molar-refractivity contribution < 1.29 is 13.7 Å². The number of halogens is 1. The van der Waals surface area contributed by atoms with Crippen LogP contribution in [0.25, 0.3) is 11.4 Å². The van der Waals surface area contributed by atoms with Crippen LogP contribution in [-0.2, 0) is 11.3 Å². The van der Waals surface area contributed by atoms with Gasteiger partial charge in [-0.1, -0.05) is 35.5 Å². The van der Waals surface area contributed by atoms with Crippen LogP contribution in [0.4, 0.5) is 4.39 Å². The zero-order valence-electron chi connectivity index (χ0n) is 15.6. The number of nitrogens with zero attached hydrogens (tertiary/aromatic N) is 3. The van der Waals surface area contributed by atoms with Crippen LogP contribution in [0.1, 0.15) is 22.9 Å². The summed E-state index contributed by atoms with van der Waals surface area (Å²) < 4.78 is 24.1. The molecule has 1 unspecified atom stereocenters. The summed E-state index contributed by atoms with van der Waals surface area (Å²) in [7, 11) is 0. The number of nitrogens with two attached hydrogens (primary N) is 1. The molecule has 2 heterocycles. The van der Waals surface area contributed by atoms with Gasteiger partial charge in [-0.3, -0.25) is 4.90 Å². The minimum atomic E-state index is -0.289. The second-order valence-corrected chi connectivity index (χ2v) is 6.88. The number of ether oxygens (including phenoxy) is 1. The average Bonchev–Trinajstić information content (AvgIpc) is 3.21. The van der Waals surface area contributed by atoms with Crippen LogP contribution in [0.3, 0.4) is 0 Å². The van der Waals surface area contributed by atoms with Gasteiger partial charge in [0.1, 0.15) is 5.82 Å². The van der Waals surface area contributed by atoms with Gasteiger partial charge in [-0.2, -0.15) is 4.98 Å². The third kappa shape index (κ3) is 4.27. The molecule has 146 valence electrons. The fourth-order valence-corrected chi connectivity index (χ4v) is 3.39. The molecular weight excluding hydrogens is 359 g/mol. The van der Waals surface area contributed by atoms with Crippen molar-refractivity contribution in [1.29, 1.82) is 0 Å². The maximum absolute atomic E-state index is 13.2. The monoisotopic (exact) mass is 382 g/mol. The highest BCUT2D eigenvalue weighted by molar-refractivity contribution is 5.55. The summed E-state index contributed by atoms with van der Waals surface area (Å²) in [5.41, 5.74) is 8.85. The van der Waals surface area contributed by atoms with E-state index in [1.165, 1.54) is 17.7 Å². The standard InChI is InChI=1S/C21H23FN4O2/c22-18-6-4-16(5-7-18)19(13-23)21-24-20(25-28-21)17-3-1-2-15(12-17)14-26-8-10-27-11-9-26/h1-7,12,19H,8-11,13-14,23H2. The molecule has 0 aliphatic carbocycles. The Labute approximate surface area is 163 Å². The quantitative estimate of drug-likeness (QED) is 0.706. The molecule has 2 N–H and O–H groups in total. The summed E-state index contributed by atoms with van der Waals surface area (Å²) in [5, 5.41) is 4.14. The molecule has 1 aliphatic heterocycles. The van der Waals surface area contributed by atoms with E-state index in [-0.39, 0.29) is 11.7 Å². The molecule has 7 heteroatoms. The number of hydrogen-bond donors (Lipinski definition) is 1. The van der Waals surface area contributed by atoms with E-state index in [1.807, 2.05) is 12.1 Å². The molecule has 4 rings (SSSR count). The lowest BCUT2D eigenvalue weighted by molar-refractivity contribution is 0.0342. The zero-order valence-corrected chi connectivity index (χ0v) is 15.6. The summed E-state index contributed by atoms with van der Waals surface area (Å²) in [6, 6.07) is 14.4. The maximum Gasteiger partial charge on any atom is 0.235 e. The predicted octanol–water partition coefficient (Wildman–Crippen LogP) is 2.80. The SMILES string of the molecule is NCC(c1ccc(F)cc1)c1nc(-c2cccc(CN3CCOCC3)c2)no1. The van der Waals surface area contributed by atoms with Gasteiger partial charge in [-0.15, -0.1) is 0 Å². The third-order valence-electron chi connectivity index (χ3n) is 4.94. The molecule has 0 spiro atoms. The predicted molar refractivity (Wildman–Crippen MR) is 103 cm³/mol. The molecule has 1 saturated heterocycles. The Hall–Kier alpha value is -2.61. The van der Waals surface area contributed by atoms with Crippen molar-refractivity contribution in [3.05, 3.63) is 71.4 Å². The Morgan fingerprint density at radius 3 is 2.64 bits per heavy atom. The molecule has 1 aliphatic rings. The molecule has 0 bridgehead atoms. The smallest absolute Gasteiger partial charge is 0.235 e. The summed E-state index contributed by atoms with van der Waals surface area (Å²) in [5.74, 6) is 0.406. The van der Waals surface area contributed by atoms with E-state index < -0.39 is 0 Å². The summed E-state index contributed by atoms with van der Waals surface area (Å²) in [6.45, 7) is 4.58. The molecule has 3 aromatic rings. The normalized spacial score (nSPS) is 16.2. The number of benzene rings is 2. The average molecular weight is 382 g/mol. The van der Waals surface area contributed by atoms with Crippen molar-refractivity contribution in [2.75, 3.05) is 32.8 Å². The molecule has 1 fully saturated rings. The van der Waals surface area contributed by atoms with Gasteiger partial charge in [-0.25, -0.2) is 4.39 Å². The topological polar surface area (TPSA) is 77.4 Å². The highest BCUT2D eigenvalue weighted by Crippen LogP contribution is 2.26. The van der Waals surface area contributed by atoms with Crippen molar-refractivity contribution in [3.8, 4) is 11.4 Å². The largest absolute Gasteiger partial charge is 0.379 e. The van der Waals surface area contributed by atoms with Gasteiger partial charge in [-0.05, 0) is 29.3 Å². The minimum absolute atomic E-state index is 0.265. The number of rotatable bonds is 6. The first kappa shape index (κ1) is 18.7. The van der Waals surface area contributed by atoms with E-state index in [0.29, 0.717) is 18.3 Å². The Kier molecular flexibility index (Phi) is 5.76. The Bertz CT molecular complexity index is 907. The lowest BCUT2D eigenvalue weighted by atomic mass is 9.99. The van der Waals surface area contributed by atoms with E-state index >= 15 is 0 Å². The highest BCUT2D eigenvalue weighted by Gasteiger charge is 2.21. The second kappa shape index (κ2) is 8.60. The Balaban J connectivity index is 1.53. The first-order valence-electron chi connectivity index (χ1n) is 9.41. The first-order chi connectivity index (χ1) is 13.7. The third-order valence-corrected chi connectivity index (χ3v) is 4.94. The summed E-state index contributed by atoms with van der Waals surface area (Å²) in [4.78, 5) is 6.92. The van der Waals surface area contributed by atoms with E-state index in [4.69, 9.17) is 15.0 Å². The lowest BCUT2D eigenvalue weighted by Gasteiger charge is -2.26. The van der Waals surface area contributed by atoms with Crippen molar-refractivity contribution in [2.24, 2.45) is 5.73 Å². The van der Waals surface area contributed by atoms with Crippen LogP contribution in [0.15, 0.2) is 53.1 Å². The Morgan fingerprint density at radius 2 is 1.89 bits per heavy atom. The van der Waals surface area contributed by atoms with Crippen LogP contribution >= 0.6 is 0 Å². The first-order valence-corrected chi connectivity index (χ1v) is 9.41. The molecule has 6 nitrogen and oxygen atoms in total. The molecule has 2 aromatic carbocycles. The van der Waals surface area contributed by atoms with E-state index in [0.717, 1.165) is 44.0 Å². The number of aromatic nitrogens is 2. The van der Waals surface area contributed by atoms with Gasteiger partial charge < -0.3 is 15.0 Å². The molecule has 0 radical (unpaired) electrons. The van der Waals surface area contributed by atoms with Gasteiger partial charge in [0, 0.05) is 31.7 Å². The van der Waals surface area contributed by atoms with Gasteiger partial charge in [0.2, 0.25) is 11.7 Å². The highest BCUT2D eigenvalue weighted by atomic mass is 19.1. The van der Waals surface area contributed by atoms with E-state index in [9.17, 15) is 4.39 Å². The molecule has 0 saturated carbocycles. The van der Waals surface area contributed by atoms with E-state index in [1.54, 1.807) is 12.1 Å². The fraction of sp³-hybridized carbons (Fsp3) is 0.333. The second-order valence-electron chi connectivity index (χ2n) is 6.88. The van der Waals surface area contributed by atoms with Crippen molar-refractivity contribution >= 4 is 0 Å². The van der Waals surface area contributed by atoms with Gasteiger partial charge in [0.05, 0.1) is 19.1 Å². The minimum Gasteiger partial charge on any atom is -0.379 e. The zero-order chi connectivity index (χ0) is 19.3. The van der Waals surface area contributed by atoms with Crippen LogP contribution in [0.5, 0.6) is 0 Å². The summed E-state index contributed by atoms with van der Waals surface area (Å²) >= 11 is 0. The van der Waals surface area contributed by atoms with Gasteiger partial charge >= 0.3 is 0 Å². The molecular formula is C21H23FN4O2. The van der Waals surface area contributed by atoms with Crippen LogP contribution in [0, 0.1) is 5.82 Å². The van der Waals surface area contributed by atoms with Crippen LogP contribution in [0.2, 0.25) is 0 Å².